The second-order valence-electron chi connectivity index (χ2n) is 4.00. The van der Waals surface area contributed by atoms with Gasteiger partial charge in [0.05, 0.1) is 29.9 Å². The van der Waals surface area contributed by atoms with E-state index in [1.807, 2.05) is 32.2 Å². The highest BCUT2D eigenvalue weighted by Crippen LogP contribution is 2.38. The van der Waals surface area contributed by atoms with E-state index < -0.39 is 0 Å². The summed E-state index contributed by atoms with van der Waals surface area (Å²) in [4.78, 5) is 6.20. The van der Waals surface area contributed by atoms with Crippen molar-refractivity contribution in [2.24, 2.45) is 0 Å². The molecule has 1 fully saturated rings. The number of hydrogen-bond donors (Lipinski definition) is 1. The number of ether oxygens (including phenoxy) is 1. The van der Waals surface area contributed by atoms with E-state index in [0.717, 1.165) is 17.1 Å². The maximum absolute atomic E-state index is 5.90. The van der Waals surface area contributed by atoms with E-state index in [9.17, 15) is 0 Å². The molecule has 0 saturated heterocycles. The van der Waals surface area contributed by atoms with Crippen LogP contribution in [-0.2, 0) is 0 Å². The molecule has 82 valence electrons. The van der Waals surface area contributed by atoms with E-state index in [0.29, 0.717) is 6.10 Å². The number of nitrogens with one attached hydrogen (secondary N) is 1. The summed E-state index contributed by atoms with van der Waals surface area (Å²) < 4.78 is 5.90. The number of pyridine rings is 1. The van der Waals surface area contributed by atoms with Gasteiger partial charge in [-0.2, -0.15) is 0 Å². The Balaban J connectivity index is 2.34. The van der Waals surface area contributed by atoms with Gasteiger partial charge in [-0.1, -0.05) is 0 Å². The van der Waals surface area contributed by atoms with Gasteiger partial charge in [0.25, 0.3) is 0 Å². The van der Waals surface area contributed by atoms with Crippen molar-refractivity contribution in [1.82, 2.24) is 4.98 Å². The third-order valence-electron chi connectivity index (χ3n) is 2.44. The molecule has 4 nitrogen and oxygen atoms in total. The quantitative estimate of drug-likeness (QED) is 0.816. The average Bonchev–Trinajstić information content (AvgIpc) is 3.01. The van der Waals surface area contributed by atoms with Gasteiger partial charge in [0.2, 0.25) is 0 Å². The minimum absolute atomic E-state index is 0.401. The largest absolute Gasteiger partial charge is 0.486 e. The summed E-state index contributed by atoms with van der Waals surface area (Å²) in [6.07, 6.45) is 6.36. The molecule has 0 spiro atoms. The Morgan fingerprint density at radius 3 is 2.67 bits per heavy atom. The van der Waals surface area contributed by atoms with Gasteiger partial charge in [-0.25, -0.2) is 0 Å². The summed E-state index contributed by atoms with van der Waals surface area (Å²) in [6, 6.07) is 0. The van der Waals surface area contributed by atoms with E-state index >= 15 is 0 Å². The third-order valence-corrected chi connectivity index (χ3v) is 2.44. The molecular weight excluding hydrogens is 190 g/mol. The monoisotopic (exact) mass is 207 g/mol. The predicted molar refractivity (Wildman–Crippen MR) is 61.8 cm³/mol. The van der Waals surface area contributed by atoms with Crippen molar-refractivity contribution in [2.75, 3.05) is 31.4 Å². The smallest absolute Gasteiger partial charge is 0.169 e. The van der Waals surface area contributed by atoms with Crippen LogP contribution < -0.4 is 15.0 Å². The van der Waals surface area contributed by atoms with Crippen LogP contribution in [-0.4, -0.2) is 32.2 Å². The fourth-order valence-electron chi connectivity index (χ4n) is 1.41. The van der Waals surface area contributed by atoms with Crippen LogP contribution in [0.5, 0.6) is 5.75 Å². The Morgan fingerprint density at radius 1 is 1.40 bits per heavy atom. The van der Waals surface area contributed by atoms with Crippen molar-refractivity contribution < 1.29 is 4.74 Å². The summed E-state index contributed by atoms with van der Waals surface area (Å²) in [5.41, 5.74) is 1.97. The second-order valence-corrected chi connectivity index (χ2v) is 4.00. The van der Waals surface area contributed by atoms with E-state index in [2.05, 4.69) is 10.3 Å². The van der Waals surface area contributed by atoms with E-state index in [1.165, 1.54) is 12.8 Å². The maximum atomic E-state index is 5.90. The molecule has 0 atom stereocenters. The van der Waals surface area contributed by atoms with Crippen LogP contribution in [0.3, 0.4) is 0 Å². The fraction of sp³-hybridized carbons (Fsp3) is 0.545. The lowest BCUT2D eigenvalue weighted by Gasteiger charge is -2.19. The molecule has 1 heterocycles. The topological polar surface area (TPSA) is 37.4 Å². The molecule has 15 heavy (non-hydrogen) atoms. The Bertz CT molecular complexity index is 348. The minimum Gasteiger partial charge on any atom is -0.486 e. The zero-order chi connectivity index (χ0) is 10.8. The standard InChI is InChI=1S/C11H17N3O/c1-12-9-6-13-7-10(14(2)3)11(9)15-8-4-5-8/h6-8,12H,4-5H2,1-3H3. The number of anilines is 2. The summed E-state index contributed by atoms with van der Waals surface area (Å²) >= 11 is 0. The number of aromatic nitrogens is 1. The molecule has 0 aliphatic heterocycles. The van der Waals surface area contributed by atoms with Gasteiger partial charge in [-0.05, 0) is 12.8 Å². The van der Waals surface area contributed by atoms with E-state index in [1.54, 1.807) is 6.20 Å². The lowest BCUT2D eigenvalue weighted by atomic mass is 10.3. The zero-order valence-corrected chi connectivity index (χ0v) is 9.45. The van der Waals surface area contributed by atoms with E-state index in [4.69, 9.17) is 4.74 Å². The molecule has 1 aromatic heterocycles. The molecule has 0 unspecified atom stereocenters. The van der Waals surface area contributed by atoms with Crippen LogP contribution >= 0.6 is 0 Å². The highest BCUT2D eigenvalue weighted by atomic mass is 16.5. The Morgan fingerprint density at radius 2 is 2.13 bits per heavy atom. The van der Waals surface area contributed by atoms with Gasteiger partial charge < -0.3 is 15.0 Å². The normalized spacial score (nSPS) is 14.9. The summed E-state index contributed by atoms with van der Waals surface area (Å²) in [5.74, 6) is 0.917. The SMILES string of the molecule is CNc1cncc(N(C)C)c1OC1CC1. The first kappa shape index (κ1) is 10.1. The molecule has 1 saturated carbocycles. The molecule has 0 radical (unpaired) electrons. The number of hydrogen-bond acceptors (Lipinski definition) is 4. The molecule has 1 aliphatic rings. The van der Waals surface area contributed by atoms with Crippen LogP contribution in [0.2, 0.25) is 0 Å². The second kappa shape index (κ2) is 3.96. The average molecular weight is 207 g/mol. The molecule has 1 N–H and O–H groups in total. The van der Waals surface area contributed by atoms with Crippen LogP contribution in [0, 0.1) is 0 Å². The third kappa shape index (κ3) is 2.14. The molecule has 1 aromatic rings. The van der Waals surface area contributed by atoms with Gasteiger partial charge in [0, 0.05) is 21.1 Å². The van der Waals surface area contributed by atoms with E-state index in [-0.39, 0.29) is 0 Å². The van der Waals surface area contributed by atoms with Crippen LogP contribution in [0.25, 0.3) is 0 Å². The van der Waals surface area contributed by atoms with Crippen LogP contribution in [0.15, 0.2) is 12.4 Å². The highest BCUT2D eigenvalue weighted by Gasteiger charge is 2.26. The van der Waals surface area contributed by atoms with Gasteiger partial charge in [0.15, 0.2) is 5.75 Å². The molecule has 1 aliphatic carbocycles. The summed E-state index contributed by atoms with van der Waals surface area (Å²) in [6.45, 7) is 0. The Hall–Kier alpha value is -1.45. The summed E-state index contributed by atoms with van der Waals surface area (Å²) in [5, 5.41) is 3.11. The maximum Gasteiger partial charge on any atom is 0.169 e. The number of rotatable bonds is 4. The predicted octanol–water partition coefficient (Wildman–Crippen LogP) is 1.73. The molecule has 0 bridgehead atoms. The first-order valence-corrected chi connectivity index (χ1v) is 5.22. The first-order chi connectivity index (χ1) is 7.22. The van der Waals surface area contributed by atoms with Gasteiger partial charge in [0.1, 0.15) is 0 Å². The molecular formula is C11H17N3O. The van der Waals surface area contributed by atoms with Crippen molar-refractivity contribution >= 4 is 11.4 Å². The minimum atomic E-state index is 0.401. The van der Waals surface area contributed by atoms with Gasteiger partial charge in [-0.3, -0.25) is 4.98 Å². The van der Waals surface area contributed by atoms with Crippen LogP contribution in [0.1, 0.15) is 12.8 Å². The first-order valence-electron chi connectivity index (χ1n) is 5.22. The number of nitrogens with zero attached hydrogens (tertiary/aromatic N) is 2. The molecule has 0 amide bonds. The van der Waals surface area contributed by atoms with Gasteiger partial charge in [-0.15, -0.1) is 0 Å². The van der Waals surface area contributed by atoms with Crippen LogP contribution in [0.4, 0.5) is 11.4 Å². The van der Waals surface area contributed by atoms with Crippen molar-refractivity contribution in [1.29, 1.82) is 0 Å². The highest BCUT2D eigenvalue weighted by molar-refractivity contribution is 5.69. The zero-order valence-electron chi connectivity index (χ0n) is 9.45. The fourth-order valence-corrected chi connectivity index (χ4v) is 1.41. The van der Waals surface area contributed by atoms with Crippen molar-refractivity contribution in [3.8, 4) is 5.75 Å². The molecule has 0 aromatic carbocycles. The summed E-state index contributed by atoms with van der Waals surface area (Å²) in [7, 11) is 5.88. The molecule has 2 rings (SSSR count). The van der Waals surface area contributed by atoms with Crippen molar-refractivity contribution in [2.45, 2.75) is 18.9 Å². The Labute approximate surface area is 90.3 Å². The lowest BCUT2D eigenvalue weighted by Crippen LogP contribution is -2.13. The Kier molecular flexibility index (Phi) is 2.66. The van der Waals surface area contributed by atoms with Crippen molar-refractivity contribution in [3.63, 3.8) is 0 Å². The van der Waals surface area contributed by atoms with Crippen molar-refractivity contribution in [3.05, 3.63) is 12.4 Å². The van der Waals surface area contributed by atoms with Gasteiger partial charge >= 0.3 is 0 Å². The lowest BCUT2D eigenvalue weighted by molar-refractivity contribution is 0.305. The molecule has 4 heteroatoms.